The summed E-state index contributed by atoms with van der Waals surface area (Å²) in [6, 6.07) is 1.56. The highest BCUT2D eigenvalue weighted by molar-refractivity contribution is 9.10. The fourth-order valence-electron chi connectivity index (χ4n) is 0.805. The third kappa shape index (κ3) is 2.42. The number of rotatable bonds is 2. The van der Waals surface area contributed by atoms with Gasteiger partial charge >= 0.3 is 5.97 Å². The Morgan fingerprint density at radius 1 is 1.77 bits per heavy atom. The van der Waals surface area contributed by atoms with Crippen molar-refractivity contribution in [3.63, 3.8) is 0 Å². The Bertz CT molecular complexity index is 328. The zero-order chi connectivity index (χ0) is 9.84. The number of pyridine rings is 1. The van der Waals surface area contributed by atoms with Gasteiger partial charge in [-0.2, -0.15) is 0 Å². The van der Waals surface area contributed by atoms with E-state index < -0.39 is 5.97 Å². The van der Waals surface area contributed by atoms with Crippen LogP contribution < -0.4 is 5.73 Å². The fourth-order valence-corrected chi connectivity index (χ4v) is 1.30. The Labute approximate surface area is 84.2 Å². The number of aromatic nitrogens is 1. The Morgan fingerprint density at radius 3 is 3.00 bits per heavy atom. The van der Waals surface area contributed by atoms with E-state index in [-0.39, 0.29) is 0 Å². The van der Waals surface area contributed by atoms with E-state index in [1.54, 1.807) is 13.0 Å². The minimum absolute atomic E-state index is 0.343. The van der Waals surface area contributed by atoms with E-state index in [4.69, 9.17) is 10.5 Å². The number of carbonyl (C=O) groups is 1. The highest BCUT2D eigenvalue weighted by Crippen LogP contribution is 2.18. The number of halogens is 1. The molecule has 0 aliphatic carbocycles. The van der Waals surface area contributed by atoms with Gasteiger partial charge in [-0.05, 0) is 28.9 Å². The summed E-state index contributed by atoms with van der Waals surface area (Å²) in [6.45, 7) is 2.09. The van der Waals surface area contributed by atoms with Gasteiger partial charge in [-0.1, -0.05) is 0 Å². The average molecular weight is 245 g/mol. The lowest BCUT2D eigenvalue weighted by atomic mass is 10.3. The third-order valence-electron chi connectivity index (χ3n) is 1.37. The maximum absolute atomic E-state index is 11.2. The van der Waals surface area contributed by atoms with Gasteiger partial charge < -0.3 is 10.5 Å². The number of hydrogen-bond acceptors (Lipinski definition) is 4. The Kier molecular flexibility index (Phi) is 3.25. The molecule has 0 saturated carbocycles. The molecule has 13 heavy (non-hydrogen) atoms. The lowest BCUT2D eigenvalue weighted by Crippen LogP contribution is -2.06. The van der Waals surface area contributed by atoms with Crippen LogP contribution in [0.3, 0.4) is 0 Å². The van der Waals surface area contributed by atoms with Crippen LogP contribution in [0.1, 0.15) is 17.3 Å². The first-order chi connectivity index (χ1) is 6.15. The topological polar surface area (TPSA) is 65.2 Å². The van der Waals surface area contributed by atoms with Gasteiger partial charge in [0.2, 0.25) is 0 Å². The number of hydrogen-bond donors (Lipinski definition) is 1. The maximum Gasteiger partial charge on any atom is 0.340 e. The standard InChI is InChI=1S/C8H9BrN2O2/c1-2-13-8(12)5-4-11-7(10)3-6(5)9/h3-4H,2H2,1H3,(H2,10,11). The van der Waals surface area contributed by atoms with Crippen molar-refractivity contribution in [2.24, 2.45) is 0 Å². The van der Waals surface area contributed by atoms with Gasteiger partial charge in [0.15, 0.2) is 0 Å². The summed E-state index contributed by atoms with van der Waals surface area (Å²) in [6.07, 6.45) is 1.39. The van der Waals surface area contributed by atoms with E-state index in [1.807, 2.05) is 0 Å². The molecule has 0 amide bonds. The lowest BCUT2D eigenvalue weighted by molar-refractivity contribution is 0.0525. The molecule has 0 bridgehead atoms. The second kappa shape index (κ2) is 4.23. The smallest absolute Gasteiger partial charge is 0.340 e. The highest BCUT2D eigenvalue weighted by Gasteiger charge is 2.11. The average Bonchev–Trinajstić information content (AvgIpc) is 2.04. The number of nitrogens with zero attached hydrogens (tertiary/aromatic N) is 1. The second-order valence-electron chi connectivity index (χ2n) is 2.31. The van der Waals surface area contributed by atoms with Crippen molar-refractivity contribution in [3.8, 4) is 0 Å². The van der Waals surface area contributed by atoms with E-state index >= 15 is 0 Å². The monoisotopic (exact) mass is 244 g/mol. The van der Waals surface area contributed by atoms with E-state index in [2.05, 4.69) is 20.9 Å². The molecule has 0 fully saturated rings. The summed E-state index contributed by atoms with van der Waals surface area (Å²) < 4.78 is 5.39. The van der Waals surface area contributed by atoms with Gasteiger partial charge in [0, 0.05) is 10.7 Å². The van der Waals surface area contributed by atoms with E-state index in [1.165, 1.54) is 6.20 Å². The van der Waals surface area contributed by atoms with Gasteiger partial charge in [-0.25, -0.2) is 9.78 Å². The van der Waals surface area contributed by atoms with Crippen molar-refractivity contribution < 1.29 is 9.53 Å². The molecular weight excluding hydrogens is 236 g/mol. The molecule has 1 rings (SSSR count). The second-order valence-corrected chi connectivity index (χ2v) is 3.16. The predicted molar refractivity (Wildman–Crippen MR) is 52.3 cm³/mol. The summed E-state index contributed by atoms with van der Waals surface area (Å²) in [5.41, 5.74) is 5.79. The van der Waals surface area contributed by atoms with Gasteiger partial charge in [0.25, 0.3) is 0 Å². The molecule has 0 aliphatic rings. The van der Waals surface area contributed by atoms with Crippen LogP contribution in [0.2, 0.25) is 0 Å². The molecule has 0 atom stereocenters. The molecule has 5 heteroatoms. The van der Waals surface area contributed by atoms with Gasteiger partial charge in [-0.15, -0.1) is 0 Å². The molecule has 2 N–H and O–H groups in total. The van der Waals surface area contributed by atoms with Gasteiger partial charge in [-0.3, -0.25) is 0 Å². The first-order valence-corrected chi connectivity index (χ1v) is 4.52. The van der Waals surface area contributed by atoms with Crippen LogP contribution in [-0.2, 0) is 4.74 Å². The number of nitrogen functional groups attached to an aromatic ring is 1. The molecular formula is C8H9BrN2O2. The maximum atomic E-state index is 11.2. The van der Waals surface area contributed by atoms with Crippen molar-refractivity contribution in [2.45, 2.75) is 6.92 Å². The van der Waals surface area contributed by atoms with E-state index in [9.17, 15) is 4.79 Å². The zero-order valence-electron chi connectivity index (χ0n) is 7.08. The molecule has 0 saturated heterocycles. The van der Waals surface area contributed by atoms with Crippen LogP contribution in [0.5, 0.6) is 0 Å². The number of ether oxygens (including phenoxy) is 1. The van der Waals surface area contributed by atoms with Crippen LogP contribution in [0.15, 0.2) is 16.7 Å². The van der Waals surface area contributed by atoms with Crippen LogP contribution in [0, 0.1) is 0 Å². The molecule has 1 aromatic heterocycles. The predicted octanol–water partition coefficient (Wildman–Crippen LogP) is 1.60. The highest BCUT2D eigenvalue weighted by atomic mass is 79.9. The summed E-state index contributed by atoms with van der Waals surface area (Å²) in [4.78, 5) is 15.0. The van der Waals surface area contributed by atoms with Crippen molar-refractivity contribution in [1.29, 1.82) is 0 Å². The number of esters is 1. The Hall–Kier alpha value is -1.10. The summed E-state index contributed by atoms with van der Waals surface area (Å²) in [7, 11) is 0. The van der Waals surface area contributed by atoms with Gasteiger partial charge in [0.05, 0.1) is 12.2 Å². The molecule has 1 aromatic rings. The van der Waals surface area contributed by atoms with Crippen molar-refractivity contribution >= 4 is 27.7 Å². The largest absolute Gasteiger partial charge is 0.462 e. The number of carbonyl (C=O) groups excluding carboxylic acids is 1. The van der Waals surface area contributed by atoms with Gasteiger partial charge in [0.1, 0.15) is 5.82 Å². The minimum Gasteiger partial charge on any atom is -0.462 e. The molecule has 0 aromatic carbocycles. The molecule has 1 heterocycles. The Balaban J connectivity index is 2.95. The van der Waals surface area contributed by atoms with Crippen LogP contribution in [0.4, 0.5) is 5.82 Å². The Morgan fingerprint density at radius 2 is 2.46 bits per heavy atom. The normalized spacial score (nSPS) is 9.69. The minimum atomic E-state index is -0.401. The first-order valence-electron chi connectivity index (χ1n) is 3.73. The fraction of sp³-hybridized carbons (Fsp3) is 0.250. The quantitative estimate of drug-likeness (QED) is 0.803. The molecule has 0 aliphatic heterocycles. The lowest BCUT2D eigenvalue weighted by Gasteiger charge is -2.03. The van der Waals surface area contributed by atoms with Crippen LogP contribution in [-0.4, -0.2) is 17.6 Å². The summed E-state index contributed by atoms with van der Waals surface area (Å²) in [5.74, 6) is -0.0400. The molecule has 0 unspecified atom stereocenters. The summed E-state index contributed by atoms with van der Waals surface area (Å²) >= 11 is 3.20. The van der Waals surface area contributed by atoms with Crippen molar-refractivity contribution in [2.75, 3.05) is 12.3 Å². The number of nitrogens with two attached hydrogens (primary N) is 1. The third-order valence-corrected chi connectivity index (χ3v) is 2.03. The molecule has 4 nitrogen and oxygen atoms in total. The van der Waals surface area contributed by atoms with Crippen molar-refractivity contribution in [1.82, 2.24) is 4.98 Å². The number of anilines is 1. The molecule has 0 spiro atoms. The SMILES string of the molecule is CCOC(=O)c1cnc(N)cc1Br. The van der Waals surface area contributed by atoms with E-state index in [0.717, 1.165) is 0 Å². The molecule has 70 valence electrons. The van der Waals surface area contributed by atoms with E-state index in [0.29, 0.717) is 22.5 Å². The first kappa shape index (κ1) is 9.98. The zero-order valence-corrected chi connectivity index (χ0v) is 8.67. The van der Waals surface area contributed by atoms with Crippen molar-refractivity contribution in [3.05, 3.63) is 22.3 Å². The molecule has 0 radical (unpaired) electrons. The van der Waals surface area contributed by atoms with Crippen LogP contribution >= 0.6 is 15.9 Å². The summed E-state index contributed by atoms with van der Waals surface area (Å²) in [5, 5.41) is 0. The van der Waals surface area contributed by atoms with Crippen LogP contribution in [0.25, 0.3) is 0 Å².